The first-order valence-electron chi connectivity index (χ1n) is 6.70. The number of nitrogens with one attached hydrogen (secondary N) is 1. The molecule has 1 N–H and O–H groups in total. The van der Waals surface area contributed by atoms with Crippen LogP contribution >= 0.6 is 11.3 Å². The molecule has 0 saturated carbocycles. The number of carbonyl (C=O) groups excluding carboxylic acids is 1. The molecule has 0 aliphatic heterocycles. The minimum atomic E-state index is -4.59. The van der Waals surface area contributed by atoms with E-state index in [1.165, 1.54) is 23.5 Å². The number of carbonyl (C=O) groups is 1. The van der Waals surface area contributed by atoms with Crippen LogP contribution in [-0.2, 0) is 6.18 Å². The van der Waals surface area contributed by atoms with E-state index in [9.17, 15) is 18.0 Å². The average molecular weight is 336 g/mol. The van der Waals surface area contributed by atoms with Gasteiger partial charge in [-0.2, -0.15) is 13.2 Å². The molecule has 1 heterocycles. The molecule has 0 fully saturated rings. The second-order valence-electron chi connectivity index (χ2n) is 4.94. The van der Waals surface area contributed by atoms with Crippen molar-refractivity contribution in [1.82, 2.24) is 4.98 Å². The van der Waals surface area contributed by atoms with Crippen LogP contribution in [0, 0.1) is 6.92 Å². The molecule has 1 aromatic heterocycles. The number of aromatic nitrogens is 1. The van der Waals surface area contributed by atoms with Crippen molar-refractivity contribution in [2.75, 3.05) is 5.32 Å². The van der Waals surface area contributed by atoms with Crippen molar-refractivity contribution in [3.05, 3.63) is 59.2 Å². The Kier molecular flexibility index (Phi) is 3.81. The minimum Gasteiger partial charge on any atom is -0.298 e. The molecule has 118 valence electrons. The highest BCUT2D eigenvalue weighted by molar-refractivity contribution is 7.22. The van der Waals surface area contributed by atoms with Gasteiger partial charge in [-0.3, -0.25) is 10.1 Å². The van der Waals surface area contributed by atoms with E-state index >= 15 is 0 Å². The van der Waals surface area contributed by atoms with Gasteiger partial charge in [-0.05, 0) is 30.7 Å². The van der Waals surface area contributed by atoms with Gasteiger partial charge in [0, 0.05) is 0 Å². The number of halogens is 3. The maximum Gasteiger partial charge on any atom is 0.417 e. The number of amides is 1. The molecule has 0 bridgehead atoms. The minimum absolute atomic E-state index is 0.274. The van der Waals surface area contributed by atoms with Gasteiger partial charge in [0.25, 0.3) is 5.91 Å². The fraction of sp³-hybridized carbons (Fsp3) is 0.125. The zero-order valence-corrected chi connectivity index (χ0v) is 12.8. The van der Waals surface area contributed by atoms with Crippen molar-refractivity contribution < 1.29 is 18.0 Å². The molecular weight excluding hydrogens is 325 g/mol. The van der Waals surface area contributed by atoms with Crippen molar-refractivity contribution in [1.29, 1.82) is 0 Å². The number of hydrogen-bond donors (Lipinski definition) is 1. The third kappa shape index (κ3) is 3.05. The maximum atomic E-state index is 13.0. The zero-order chi connectivity index (χ0) is 16.6. The topological polar surface area (TPSA) is 42.0 Å². The van der Waals surface area contributed by atoms with Crippen LogP contribution in [0.25, 0.3) is 10.2 Å². The number of para-hydroxylation sites is 1. The first-order valence-corrected chi connectivity index (χ1v) is 7.51. The molecule has 0 aliphatic carbocycles. The van der Waals surface area contributed by atoms with E-state index in [0.717, 1.165) is 27.9 Å². The molecular formula is C16H11F3N2OS. The van der Waals surface area contributed by atoms with Gasteiger partial charge in [-0.15, -0.1) is 0 Å². The van der Waals surface area contributed by atoms with Gasteiger partial charge in [-0.1, -0.05) is 35.6 Å². The zero-order valence-electron chi connectivity index (χ0n) is 11.9. The second-order valence-corrected chi connectivity index (χ2v) is 5.97. The van der Waals surface area contributed by atoms with Gasteiger partial charge in [-0.25, -0.2) is 4.98 Å². The van der Waals surface area contributed by atoms with E-state index in [-0.39, 0.29) is 5.13 Å². The Labute approximate surface area is 133 Å². The van der Waals surface area contributed by atoms with Gasteiger partial charge < -0.3 is 0 Å². The van der Waals surface area contributed by atoms with Gasteiger partial charge in [0.05, 0.1) is 21.3 Å². The molecule has 3 nitrogen and oxygen atoms in total. The summed E-state index contributed by atoms with van der Waals surface area (Å²) < 4.78 is 39.8. The Morgan fingerprint density at radius 1 is 1.13 bits per heavy atom. The lowest BCUT2D eigenvalue weighted by Gasteiger charge is -2.11. The van der Waals surface area contributed by atoms with Gasteiger partial charge >= 0.3 is 6.18 Å². The monoisotopic (exact) mass is 336 g/mol. The van der Waals surface area contributed by atoms with Crippen LogP contribution in [0.3, 0.4) is 0 Å². The third-order valence-electron chi connectivity index (χ3n) is 3.32. The lowest BCUT2D eigenvalue weighted by Crippen LogP contribution is -2.18. The van der Waals surface area contributed by atoms with Crippen molar-refractivity contribution in [2.45, 2.75) is 13.1 Å². The smallest absolute Gasteiger partial charge is 0.298 e. The largest absolute Gasteiger partial charge is 0.417 e. The summed E-state index contributed by atoms with van der Waals surface area (Å²) in [5.41, 5.74) is 0.289. The van der Waals surface area contributed by atoms with Gasteiger partial charge in [0.2, 0.25) is 0 Å². The number of fused-ring (bicyclic) bond motifs is 1. The third-order valence-corrected chi connectivity index (χ3v) is 4.25. The van der Waals surface area contributed by atoms with Crippen LogP contribution in [0.4, 0.5) is 18.3 Å². The summed E-state index contributed by atoms with van der Waals surface area (Å²) in [6.07, 6.45) is -4.59. The number of alkyl halides is 3. The van der Waals surface area contributed by atoms with Crippen molar-refractivity contribution in [2.24, 2.45) is 0 Å². The molecule has 0 spiro atoms. The molecule has 3 aromatic rings. The molecule has 3 rings (SSSR count). The molecule has 7 heteroatoms. The normalized spacial score (nSPS) is 11.7. The summed E-state index contributed by atoms with van der Waals surface area (Å²) in [5, 5.41) is 2.73. The summed E-state index contributed by atoms with van der Waals surface area (Å²) >= 11 is 1.22. The lowest BCUT2D eigenvalue weighted by molar-refractivity contribution is -0.137. The molecule has 0 unspecified atom stereocenters. The highest BCUT2D eigenvalue weighted by atomic mass is 32.1. The molecule has 1 amide bonds. The van der Waals surface area contributed by atoms with Crippen LogP contribution in [-0.4, -0.2) is 10.9 Å². The van der Waals surface area contributed by atoms with Crippen LogP contribution < -0.4 is 5.32 Å². The summed E-state index contributed by atoms with van der Waals surface area (Å²) in [4.78, 5) is 16.5. The fourth-order valence-corrected chi connectivity index (χ4v) is 3.17. The van der Waals surface area contributed by atoms with Crippen molar-refractivity contribution >= 4 is 32.6 Å². The van der Waals surface area contributed by atoms with Gasteiger partial charge in [0.1, 0.15) is 0 Å². The first-order chi connectivity index (χ1) is 10.9. The highest BCUT2D eigenvalue weighted by Crippen LogP contribution is 2.33. The molecule has 2 aromatic carbocycles. The van der Waals surface area contributed by atoms with Crippen LogP contribution in [0.2, 0.25) is 0 Å². The maximum absolute atomic E-state index is 13.0. The van der Waals surface area contributed by atoms with E-state index in [1.54, 1.807) is 0 Å². The Morgan fingerprint density at radius 3 is 2.57 bits per heavy atom. The molecule has 0 aliphatic rings. The van der Waals surface area contributed by atoms with E-state index in [4.69, 9.17) is 0 Å². The number of thiazole rings is 1. The number of nitrogens with zero attached hydrogens (tertiary/aromatic N) is 1. The summed E-state index contributed by atoms with van der Waals surface area (Å²) in [6, 6.07) is 10.3. The van der Waals surface area contributed by atoms with E-state index in [2.05, 4.69) is 10.3 Å². The van der Waals surface area contributed by atoms with E-state index in [1.807, 2.05) is 25.1 Å². The number of anilines is 1. The lowest BCUT2D eigenvalue weighted by atomic mass is 10.1. The molecule has 0 radical (unpaired) electrons. The number of hydrogen-bond acceptors (Lipinski definition) is 3. The molecule has 0 saturated heterocycles. The van der Waals surface area contributed by atoms with Crippen molar-refractivity contribution in [3.63, 3.8) is 0 Å². The Balaban J connectivity index is 1.94. The summed E-state index contributed by atoms with van der Waals surface area (Å²) in [7, 11) is 0. The van der Waals surface area contributed by atoms with Crippen LogP contribution in [0.1, 0.15) is 21.5 Å². The highest BCUT2D eigenvalue weighted by Gasteiger charge is 2.34. The Hall–Kier alpha value is -2.41. The Bertz CT molecular complexity index is 886. The number of aryl methyl sites for hydroxylation is 1. The predicted molar refractivity (Wildman–Crippen MR) is 83.8 cm³/mol. The van der Waals surface area contributed by atoms with Crippen LogP contribution in [0.15, 0.2) is 42.5 Å². The predicted octanol–water partition coefficient (Wildman–Crippen LogP) is 4.88. The number of benzene rings is 2. The average Bonchev–Trinajstić information content (AvgIpc) is 2.90. The van der Waals surface area contributed by atoms with Crippen LogP contribution in [0.5, 0.6) is 0 Å². The van der Waals surface area contributed by atoms with Crippen molar-refractivity contribution in [3.8, 4) is 0 Å². The first kappa shape index (κ1) is 15.5. The second kappa shape index (κ2) is 5.66. The SMILES string of the molecule is Cc1cccc2sc(NC(=O)c3ccccc3C(F)(F)F)nc12. The fourth-order valence-electron chi connectivity index (χ4n) is 2.23. The standard InChI is InChI=1S/C16H11F3N2OS/c1-9-5-4-8-12-13(9)20-15(23-12)21-14(22)10-6-2-3-7-11(10)16(17,18)19/h2-8H,1H3,(H,20,21,22). The number of rotatable bonds is 2. The Morgan fingerprint density at radius 2 is 1.87 bits per heavy atom. The van der Waals surface area contributed by atoms with Gasteiger partial charge in [0.15, 0.2) is 5.13 Å². The quantitative estimate of drug-likeness (QED) is 0.725. The van der Waals surface area contributed by atoms with E-state index in [0.29, 0.717) is 0 Å². The molecule has 0 atom stereocenters. The van der Waals surface area contributed by atoms with E-state index < -0.39 is 23.2 Å². The summed E-state index contributed by atoms with van der Waals surface area (Å²) in [5.74, 6) is -0.824. The summed E-state index contributed by atoms with van der Waals surface area (Å²) in [6.45, 7) is 1.88. The molecule has 23 heavy (non-hydrogen) atoms.